The molecule has 0 spiro atoms. The summed E-state index contributed by atoms with van der Waals surface area (Å²) in [5, 5.41) is 11.9. The molecule has 0 aliphatic carbocycles. The molecule has 7 nitrogen and oxygen atoms in total. The Hall–Kier alpha value is -4.44. The van der Waals surface area contributed by atoms with E-state index >= 15 is 0 Å². The van der Waals surface area contributed by atoms with Gasteiger partial charge in [-0.2, -0.15) is 5.26 Å². The maximum Gasteiger partial charge on any atom is 0.339 e. The summed E-state index contributed by atoms with van der Waals surface area (Å²) >= 11 is 0. The van der Waals surface area contributed by atoms with Crippen LogP contribution in [-0.4, -0.2) is 31.6 Å². The molecule has 1 amide bonds. The Kier molecular flexibility index (Phi) is 6.76. The minimum atomic E-state index is -0.681. The molecule has 0 heterocycles. The highest BCUT2D eigenvalue weighted by atomic mass is 16.5. The Morgan fingerprint density at radius 1 is 0.871 bits per heavy atom. The van der Waals surface area contributed by atoms with Crippen LogP contribution in [0.2, 0.25) is 0 Å². The molecule has 7 heteroatoms. The van der Waals surface area contributed by atoms with E-state index in [1.54, 1.807) is 60.7 Å². The van der Waals surface area contributed by atoms with Crippen LogP contribution in [0.5, 0.6) is 0 Å². The number of benzene rings is 3. The molecule has 3 aromatic rings. The van der Waals surface area contributed by atoms with Crippen LogP contribution < -0.4 is 5.32 Å². The smallest absolute Gasteiger partial charge is 0.339 e. The molecule has 154 valence electrons. The average Bonchev–Trinajstić information content (AvgIpc) is 2.82. The minimum absolute atomic E-state index is 0.250. The van der Waals surface area contributed by atoms with E-state index in [9.17, 15) is 19.6 Å². The van der Waals surface area contributed by atoms with Crippen molar-refractivity contribution >= 4 is 23.5 Å². The molecule has 0 fully saturated rings. The van der Waals surface area contributed by atoms with Crippen molar-refractivity contribution < 1.29 is 23.9 Å². The number of nitriles is 1. The lowest BCUT2D eigenvalue weighted by molar-refractivity contribution is -0.119. The largest absolute Gasteiger partial charge is 0.465 e. The van der Waals surface area contributed by atoms with Crippen LogP contribution in [0.1, 0.15) is 26.3 Å². The standard InChI is InChI=1S/C24H18N2O5/c1-30-23(28)16-10-12-18(13-11-16)26-22(27)15-31-24(29)21-9-5-4-8-20(21)19-7-3-2-6-17(19)14-25/h2-13H,15H2,1H3,(H,26,27). The third-order valence-corrected chi connectivity index (χ3v) is 4.41. The molecule has 3 aromatic carbocycles. The molecule has 3 rings (SSSR count). The van der Waals surface area contributed by atoms with E-state index in [0.717, 1.165) is 0 Å². The molecule has 0 unspecified atom stereocenters. The zero-order valence-electron chi connectivity index (χ0n) is 16.6. The van der Waals surface area contributed by atoms with Crippen molar-refractivity contribution in [2.75, 3.05) is 19.0 Å². The average molecular weight is 414 g/mol. The van der Waals surface area contributed by atoms with E-state index in [-0.39, 0.29) is 5.56 Å². The molecule has 0 bridgehead atoms. The molecule has 0 aromatic heterocycles. The van der Waals surface area contributed by atoms with Crippen molar-refractivity contribution in [2.24, 2.45) is 0 Å². The molecule has 0 saturated carbocycles. The molecular formula is C24H18N2O5. The van der Waals surface area contributed by atoms with Crippen molar-refractivity contribution in [1.82, 2.24) is 0 Å². The molecule has 0 aliphatic rings. The van der Waals surface area contributed by atoms with Gasteiger partial charge < -0.3 is 14.8 Å². The van der Waals surface area contributed by atoms with E-state index in [1.165, 1.54) is 19.2 Å². The van der Waals surface area contributed by atoms with Gasteiger partial charge in [-0.05, 0) is 42.0 Å². The Bertz CT molecular complexity index is 1160. The summed E-state index contributed by atoms with van der Waals surface area (Å²) in [7, 11) is 1.28. The number of ether oxygens (including phenoxy) is 2. The van der Waals surface area contributed by atoms with Gasteiger partial charge in [0, 0.05) is 11.3 Å². The number of hydrogen-bond acceptors (Lipinski definition) is 6. The van der Waals surface area contributed by atoms with Gasteiger partial charge in [0.25, 0.3) is 5.91 Å². The van der Waals surface area contributed by atoms with Crippen molar-refractivity contribution in [2.45, 2.75) is 0 Å². The number of hydrogen-bond donors (Lipinski definition) is 1. The van der Waals surface area contributed by atoms with Crippen LogP contribution in [0.3, 0.4) is 0 Å². The predicted molar refractivity (Wildman–Crippen MR) is 113 cm³/mol. The van der Waals surface area contributed by atoms with E-state index in [0.29, 0.717) is 27.9 Å². The van der Waals surface area contributed by atoms with Gasteiger partial charge >= 0.3 is 11.9 Å². The SMILES string of the molecule is COC(=O)c1ccc(NC(=O)COC(=O)c2ccccc2-c2ccccc2C#N)cc1. The Balaban J connectivity index is 1.67. The number of methoxy groups -OCH3 is 1. The first-order valence-corrected chi connectivity index (χ1v) is 9.27. The van der Waals surface area contributed by atoms with Crippen LogP contribution in [0.25, 0.3) is 11.1 Å². The monoisotopic (exact) mass is 414 g/mol. The summed E-state index contributed by atoms with van der Waals surface area (Å²) in [6.07, 6.45) is 0. The fraction of sp³-hybridized carbons (Fsp3) is 0.0833. The van der Waals surface area contributed by atoms with Gasteiger partial charge in [0.15, 0.2) is 6.61 Å². The lowest BCUT2D eigenvalue weighted by Gasteiger charge is -2.11. The van der Waals surface area contributed by atoms with Gasteiger partial charge in [0.1, 0.15) is 0 Å². The minimum Gasteiger partial charge on any atom is -0.465 e. The normalized spacial score (nSPS) is 9.94. The summed E-state index contributed by atoms with van der Waals surface area (Å²) < 4.78 is 9.79. The molecule has 1 N–H and O–H groups in total. The maximum atomic E-state index is 12.6. The highest BCUT2D eigenvalue weighted by Gasteiger charge is 2.17. The molecule has 31 heavy (non-hydrogen) atoms. The second kappa shape index (κ2) is 9.85. The fourth-order valence-electron chi connectivity index (χ4n) is 2.92. The Morgan fingerprint density at radius 2 is 1.52 bits per heavy atom. The number of amides is 1. The molecule has 0 radical (unpaired) electrons. The van der Waals surface area contributed by atoms with Gasteiger partial charge in [-0.3, -0.25) is 4.79 Å². The van der Waals surface area contributed by atoms with Crippen molar-refractivity contribution in [3.8, 4) is 17.2 Å². The maximum absolute atomic E-state index is 12.6. The first-order valence-electron chi connectivity index (χ1n) is 9.27. The summed E-state index contributed by atoms with van der Waals surface area (Å²) in [5.74, 6) is -1.70. The van der Waals surface area contributed by atoms with E-state index < -0.39 is 24.5 Å². The Morgan fingerprint density at radius 3 is 2.19 bits per heavy atom. The first-order chi connectivity index (χ1) is 15.0. The Labute approximate surface area is 178 Å². The fourth-order valence-corrected chi connectivity index (χ4v) is 2.92. The molecule has 0 atom stereocenters. The van der Waals surface area contributed by atoms with Crippen LogP contribution in [-0.2, 0) is 14.3 Å². The number of carbonyl (C=O) groups is 3. The second-order valence-corrected chi connectivity index (χ2v) is 6.40. The van der Waals surface area contributed by atoms with E-state index in [2.05, 4.69) is 16.1 Å². The van der Waals surface area contributed by atoms with Gasteiger partial charge in [-0.15, -0.1) is 0 Å². The zero-order valence-corrected chi connectivity index (χ0v) is 16.6. The highest BCUT2D eigenvalue weighted by Crippen LogP contribution is 2.27. The number of esters is 2. The number of carbonyl (C=O) groups excluding carboxylic acids is 3. The van der Waals surface area contributed by atoms with Gasteiger partial charge in [0.05, 0.1) is 29.9 Å². The topological polar surface area (TPSA) is 105 Å². The summed E-state index contributed by atoms with van der Waals surface area (Å²) in [6, 6.07) is 21.9. The quantitative estimate of drug-likeness (QED) is 0.615. The van der Waals surface area contributed by atoms with Crippen molar-refractivity contribution in [3.05, 3.63) is 89.5 Å². The number of nitrogens with zero attached hydrogens (tertiary/aromatic N) is 1. The first kappa shape index (κ1) is 21.3. The number of nitrogens with one attached hydrogen (secondary N) is 1. The lowest BCUT2D eigenvalue weighted by Crippen LogP contribution is -2.21. The van der Waals surface area contributed by atoms with Gasteiger partial charge in [-0.25, -0.2) is 9.59 Å². The third kappa shape index (κ3) is 5.14. The van der Waals surface area contributed by atoms with Gasteiger partial charge in [0.2, 0.25) is 0 Å². The summed E-state index contributed by atoms with van der Waals surface area (Å²) in [6.45, 7) is -0.494. The van der Waals surface area contributed by atoms with Crippen LogP contribution >= 0.6 is 0 Å². The van der Waals surface area contributed by atoms with E-state index in [4.69, 9.17) is 4.74 Å². The molecule has 0 saturated heterocycles. The number of anilines is 1. The molecular weight excluding hydrogens is 396 g/mol. The predicted octanol–water partition coefficient (Wildman–Crippen LogP) is 3.81. The van der Waals surface area contributed by atoms with Crippen LogP contribution in [0, 0.1) is 11.3 Å². The summed E-state index contributed by atoms with van der Waals surface area (Å²) in [4.78, 5) is 36.2. The third-order valence-electron chi connectivity index (χ3n) is 4.41. The van der Waals surface area contributed by atoms with Crippen LogP contribution in [0.4, 0.5) is 5.69 Å². The van der Waals surface area contributed by atoms with Crippen molar-refractivity contribution in [1.29, 1.82) is 5.26 Å². The molecule has 0 aliphatic heterocycles. The van der Waals surface area contributed by atoms with E-state index in [1.807, 2.05) is 0 Å². The van der Waals surface area contributed by atoms with Crippen LogP contribution in [0.15, 0.2) is 72.8 Å². The number of rotatable bonds is 6. The van der Waals surface area contributed by atoms with Crippen molar-refractivity contribution in [3.63, 3.8) is 0 Å². The second-order valence-electron chi connectivity index (χ2n) is 6.40. The van der Waals surface area contributed by atoms with Gasteiger partial charge in [-0.1, -0.05) is 36.4 Å². The lowest BCUT2D eigenvalue weighted by atomic mass is 9.96. The zero-order chi connectivity index (χ0) is 22.2. The highest BCUT2D eigenvalue weighted by molar-refractivity contribution is 6.00. The summed E-state index contributed by atoms with van der Waals surface area (Å²) in [5.41, 5.74) is 2.62.